The first-order valence-corrected chi connectivity index (χ1v) is 6.11. The van der Waals surface area contributed by atoms with Crippen LogP contribution in [0.3, 0.4) is 0 Å². The van der Waals surface area contributed by atoms with E-state index in [1.165, 1.54) is 11.7 Å². The van der Waals surface area contributed by atoms with E-state index in [1.807, 2.05) is 11.8 Å². The Morgan fingerprint density at radius 2 is 2.62 bits per heavy atom. The molecule has 1 atom stereocenters. The van der Waals surface area contributed by atoms with Crippen molar-refractivity contribution in [2.45, 2.75) is 12.8 Å². The average molecular weight is 214 g/mol. The van der Waals surface area contributed by atoms with E-state index >= 15 is 0 Å². The minimum Gasteiger partial charge on any atom is -0.299 e. The highest BCUT2D eigenvalue weighted by atomic mass is 32.2. The zero-order valence-corrected chi connectivity index (χ0v) is 8.74. The quantitative estimate of drug-likeness (QED) is 0.763. The van der Waals surface area contributed by atoms with Gasteiger partial charge in [0.2, 0.25) is 0 Å². The number of carbonyl (C=O) groups excluding carboxylic acids is 1. The van der Waals surface area contributed by atoms with E-state index in [9.17, 15) is 4.79 Å². The maximum absolute atomic E-state index is 11.6. The van der Waals surface area contributed by atoms with Gasteiger partial charge in [-0.15, -0.1) is 0 Å². The predicted molar refractivity (Wildman–Crippen MR) is 54.1 cm³/mol. The van der Waals surface area contributed by atoms with Gasteiger partial charge in [0.25, 0.3) is 0 Å². The fraction of sp³-hybridized carbons (Fsp3) is 0.625. The van der Waals surface area contributed by atoms with Crippen molar-refractivity contribution in [3.63, 3.8) is 0 Å². The van der Waals surface area contributed by atoms with Gasteiger partial charge < -0.3 is 0 Å². The molecule has 0 saturated carbocycles. The number of thioether (sulfide) groups is 1. The van der Waals surface area contributed by atoms with Gasteiger partial charge in [0.15, 0.2) is 0 Å². The van der Waals surface area contributed by atoms with Crippen molar-refractivity contribution in [2.75, 3.05) is 11.5 Å². The maximum atomic E-state index is 11.6. The Morgan fingerprint density at radius 1 is 1.69 bits per heavy atom. The summed E-state index contributed by atoms with van der Waals surface area (Å²) in [5, 5.41) is 0. The highest BCUT2D eigenvalue weighted by Crippen LogP contribution is 2.24. The summed E-state index contributed by atoms with van der Waals surface area (Å²) in [5.74, 6) is 2.73. The lowest BCUT2D eigenvalue weighted by Crippen LogP contribution is -2.16. The fourth-order valence-electron chi connectivity index (χ4n) is 1.37. The second-order valence-electron chi connectivity index (χ2n) is 3.10. The molecular weight excluding hydrogens is 204 g/mol. The summed E-state index contributed by atoms with van der Waals surface area (Å²) in [6.45, 7) is 0. The lowest BCUT2D eigenvalue weighted by atomic mass is 10.0. The monoisotopic (exact) mass is 214 g/mol. The molecular formula is C8H10N2OS2. The minimum absolute atomic E-state index is 0.270. The van der Waals surface area contributed by atoms with E-state index in [-0.39, 0.29) is 5.92 Å². The Morgan fingerprint density at radius 3 is 3.23 bits per heavy atom. The summed E-state index contributed by atoms with van der Waals surface area (Å²) in [5.41, 5.74) is 0.826. The number of hydrogen-bond acceptors (Lipinski definition) is 5. The molecule has 2 heterocycles. The third-order valence-electron chi connectivity index (χ3n) is 2.15. The van der Waals surface area contributed by atoms with E-state index < -0.39 is 0 Å². The number of nitrogens with zero attached hydrogens (tertiary/aromatic N) is 2. The maximum Gasteiger partial charge on any atom is 0.142 e. The molecule has 0 aromatic carbocycles. The smallest absolute Gasteiger partial charge is 0.142 e. The molecule has 5 heteroatoms. The first kappa shape index (κ1) is 9.15. The molecule has 0 amide bonds. The summed E-state index contributed by atoms with van der Waals surface area (Å²) < 4.78 is 7.91. The van der Waals surface area contributed by atoms with Gasteiger partial charge >= 0.3 is 0 Å². The summed E-state index contributed by atoms with van der Waals surface area (Å²) >= 11 is 3.04. The molecule has 1 aliphatic heterocycles. The van der Waals surface area contributed by atoms with Crippen LogP contribution in [0.15, 0.2) is 6.20 Å². The Bertz CT molecular complexity index is 280. The third-order valence-corrected chi connectivity index (χ3v) is 3.83. The first-order valence-electron chi connectivity index (χ1n) is 4.23. The number of Topliss-reactive ketones (excluding diaryl/α,β-unsaturated/α-hetero) is 1. The molecule has 70 valence electrons. The molecule has 3 nitrogen and oxygen atoms in total. The highest BCUT2D eigenvalue weighted by molar-refractivity contribution is 7.99. The van der Waals surface area contributed by atoms with Gasteiger partial charge in [0, 0.05) is 11.7 Å². The van der Waals surface area contributed by atoms with Crippen molar-refractivity contribution in [2.24, 2.45) is 5.92 Å². The number of aromatic nitrogens is 2. The number of ketones is 1. The highest BCUT2D eigenvalue weighted by Gasteiger charge is 2.23. The second kappa shape index (κ2) is 4.19. The van der Waals surface area contributed by atoms with Crippen molar-refractivity contribution in [1.29, 1.82) is 0 Å². The first-order chi connectivity index (χ1) is 6.36. The van der Waals surface area contributed by atoms with Crippen molar-refractivity contribution >= 4 is 29.3 Å². The van der Waals surface area contributed by atoms with Crippen molar-refractivity contribution in [1.82, 2.24) is 8.75 Å². The van der Waals surface area contributed by atoms with Crippen LogP contribution in [0.1, 0.15) is 12.1 Å². The summed E-state index contributed by atoms with van der Waals surface area (Å²) in [6, 6.07) is 0. The Hall–Kier alpha value is -0.420. The molecule has 0 N–H and O–H groups in total. The molecule has 13 heavy (non-hydrogen) atoms. The molecule has 1 aromatic heterocycles. The Balaban J connectivity index is 1.91. The SMILES string of the molecule is O=C(Cc1cnsn1)C1CCSC1. The Labute approximate surface area is 85.3 Å². The lowest BCUT2D eigenvalue weighted by molar-refractivity contribution is -0.121. The average Bonchev–Trinajstić information content (AvgIpc) is 2.74. The zero-order valence-electron chi connectivity index (χ0n) is 7.10. The van der Waals surface area contributed by atoms with Crippen LogP contribution < -0.4 is 0 Å². The second-order valence-corrected chi connectivity index (χ2v) is 4.81. The zero-order chi connectivity index (χ0) is 9.10. The van der Waals surface area contributed by atoms with Crippen LogP contribution in [0, 0.1) is 5.92 Å². The van der Waals surface area contributed by atoms with Gasteiger partial charge in [-0.1, -0.05) is 0 Å². The lowest BCUT2D eigenvalue weighted by Gasteiger charge is -2.03. The van der Waals surface area contributed by atoms with E-state index in [0.29, 0.717) is 12.2 Å². The molecule has 1 aliphatic rings. The molecule has 1 aromatic rings. The van der Waals surface area contributed by atoms with E-state index in [2.05, 4.69) is 8.75 Å². The van der Waals surface area contributed by atoms with E-state index in [4.69, 9.17) is 0 Å². The van der Waals surface area contributed by atoms with Crippen molar-refractivity contribution < 1.29 is 4.79 Å². The fourth-order valence-corrected chi connectivity index (χ4v) is 3.06. The van der Waals surface area contributed by atoms with Crippen LogP contribution in [0.25, 0.3) is 0 Å². The van der Waals surface area contributed by atoms with Crippen LogP contribution in [0.2, 0.25) is 0 Å². The predicted octanol–water partition coefficient (Wildman–Crippen LogP) is 1.40. The van der Waals surface area contributed by atoms with Crippen molar-refractivity contribution in [3.05, 3.63) is 11.9 Å². The van der Waals surface area contributed by atoms with Gasteiger partial charge in [-0.3, -0.25) is 4.79 Å². The largest absolute Gasteiger partial charge is 0.299 e. The molecule has 1 fully saturated rings. The molecule has 2 rings (SSSR count). The topological polar surface area (TPSA) is 42.9 Å². The molecule has 0 aliphatic carbocycles. The molecule has 0 bridgehead atoms. The van der Waals surface area contributed by atoms with Crippen LogP contribution in [-0.2, 0) is 11.2 Å². The van der Waals surface area contributed by atoms with Gasteiger partial charge in [-0.2, -0.15) is 20.5 Å². The Kier molecular flexibility index (Phi) is 2.95. The van der Waals surface area contributed by atoms with Crippen LogP contribution >= 0.6 is 23.5 Å². The third kappa shape index (κ3) is 2.28. The molecule has 1 saturated heterocycles. The van der Waals surface area contributed by atoms with Gasteiger partial charge in [0.1, 0.15) is 5.78 Å². The van der Waals surface area contributed by atoms with Gasteiger partial charge in [-0.25, -0.2) is 0 Å². The van der Waals surface area contributed by atoms with Crippen LogP contribution in [0.5, 0.6) is 0 Å². The minimum atomic E-state index is 0.270. The van der Waals surface area contributed by atoms with Crippen molar-refractivity contribution in [3.8, 4) is 0 Å². The number of hydrogen-bond donors (Lipinski definition) is 0. The normalized spacial score (nSPS) is 22.0. The van der Waals surface area contributed by atoms with Crippen LogP contribution in [-0.4, -0.2) is 26.0 Å². The summed E-state index contributed by atoms with van der Waals surface area (Å²) in [7, 11) is 0. The number of carbonyl (C=O) groups is 1. The van der Waals surface area contributed by atoms with Gasteiger partial charge in [-0.05, 0) is 12.2 Å². The standard InChI is InChI=1S/C8H10N2OS2/c11-8(6-1-2-12-5-6)3-7-4-9-13-10-7/h4,6H,1-3,5H2. The van der Waals surface area contributed by atoms with E-state index in [1.54, 1.807) is 6.20 Å². The van der Waals surface area contributed by atoms with E-state index in [0.717, 1.165) is 23.6 Å². The molecule has 0 radical (unpaired) electrons. The van der Waals surface area contributed by atoms with Crippen LogP contribution in [0.4, 0.5) is 0 Å². The summed E-state index contributed by atoms with van der Waals surface area (Å²) in [6.07, 6.45) is 3.20. The molecule has 0 spiro atoms. The molecule has 1 unspecified atom stereocenters. The number of rotatable bonds is 3. The van der Waals surface area contributed by atoms with Gasteiger partial charge in [0.05, 0.1) is 30.0 Å². The summed E-state index contributed by atoms with van der Waals surface area (Å²) in [4.78, 5) is 11.6.